The van der Waals surface area contributed by atoms with Crippen molar-refractivity contribution in [1.82, 2.24) is 0 Å². The minimum Gasteiger partial charge on any atom is -1.00 e. The second-order valence-electron chi connectivity index (χ2n) is 4.77. The molecule has 7 heteroatoms. The molecular formula is C16H21ClN4O2. The Bertz CT molecular complexity index is 664. The molecule has 0 radical (unpaired) electrons. The maximum atomic E-state index is 11.4. The smallest absolute Gasteiger partial charge is 0.241 e. The van der Waals surface area contributed by atoms with Crippen molar-refractivity contribution in [2.24, 2.45) is 0 Å². The summed E-state index contributed by atoms with van der Waals surface area (Å²) < 4.78 is 5.31. The molecule has 1 aromatic carbocycles. The van der Waals surface area contributed by atoms with Gasteiger partial charge in [-0.05, 0) is 12.1 Å². The molecule has 0 fully saturated rings. The van der Waals surface area contributed by atoms with Crippen molar-refractivity contribution in [3.05, 3.63) is 42.0 Å². The first-order valence-corrected chi connectivity index (χ1v) is 7.11. The summed E-state index contributed by atoms with van der Waals surface area (Å²) >= 11 is 0. The van der Waals surface area contributed by atoms with Crippen LogP contribution in [0, 0.1) is 0 Å². The lowest BCUT2D eigenvalue weighted by atomic mass is 10.2. The van der Waals surface area contributed by atoms with Gasteiger partial charge in [0.05, 0.1) is 13.7 Å². The monoisotopic (exact) mass is 336 g/mol. The van der Waals surface area contributed by atoms with Gasteiger partial charge in [-0.25, -0.2) is 4.98 Å². The number of nitrogens with one attached hydrogen (secondary N) is 3. The van der Waals surface area contributed by atoms with Crippen molar-refractivity contribution in [1.29, 1.82) is 0 Å². The highest BCUT2D eigenvalue weighted by Crippen LogP contribution is 2.19. The first-order chi connectivity index (χ1) is 10.6. The number of nitrogens with two attached hydrogens (primary N) is 1. The number of amides is 1. The largest absolute Gasteiger partial charge is 1.00 e. The van der Waals surface area contributed by atoms with Crippen LogP contribution < -0.4 is 38.5 Å². The van der Waals surface area contributed by atoms with Gasteiger partial charge in [-0.15, -0.1) is 0 Å². The lowest BCUT2D eigenvalue weighted by molar-refractivity contribution is -0.342. The molecule has 23 heavy (non-hydrogen) atoms. The van der Waals surface area contributed by atoms with E-state index in [0.29, 0.717) is 24.5 Å². The van der Waals surface area contributed by atoms with Crippen LogP contribution in [0.25, 0.3) is 0 Å². The average molecular weight is 337 g/mol. The number of carbonyl (C=O) groups is 1. The number of methoxy groups -OCH3 is 1. The Balaban J connectivity index is 0.00000264. The molecule has 5 N–H and O–H groups in total. The molecule has 0 atom stereocenters. The van der Waals surface area contributed by atoms with Gasteiger partial charge in [0, 0.05) is 18.1 Å². The molecule has 2 aromatic rings. The van der Waals surface area contributed by atoms with Crippen LogP contribution in [-0.2, 0) is 11.3 Å². The third kappa shape index (κ3) is 5.03. The van der Waals surface area contributed by atoms with Crippen LogP contribution in [-0.4, -0.2) is 13.0 Å². The predicted molar refractivity (Wildman–Crippen MR) is 86.7 cm³/mol. The van der Waals surface area contributed by atoms with Crippen LogP contribution in [0.4, 0.5) is 17.3 Å². The van der Waals surface area contributed by atoms with Gasteiger partial charge in [0.25, 0.3) is 0 Å². The molecule has 0 aliphatic carbocycles. The molecule has 0 unspecified atom stereocenters. The number of aromatic amines is 1. The fourth-order valence-electron chi connectivity index (χ4n) is 2.00. The van der Waals surface area contributed by atoms with Crippen molar-refractivity contribution < 1.29 is 26.9 Å². The Morgan fingerprint density at radius 2 is 2.00 bits per heavy atom. The Labute approximate surface area is 141 Å². The van der Waals surface area contributed by atoms with Gasteiger partial charge in [-0.3, -0.25) is 4.79 Å². The number of hydrogen-bond acceptors (Lipinski definition) is 4. The number of anilines is 3. The lowest BCUT2D eigenvalue weighted by Gasteiger charge is -2.09. The van der Waals surface area contributed by atoms with E-state index in [1.165, 1.54) is 0 Å². The number of halogens is 1. The van der Waals surface area contributed by atoms with E-state index < -0.39 is 0 Å². The van der Waals surface area contributed by atoms with E-state index in [1.54, 1.807) is 20.1 Å². The zero-order valence-corrected chi connectivity index (χ0v) is 13.9. The van der Waals surface area contributed by atoms with Crippen molar-refractivity contribution in [2.75, 3.05) is 23.5 Å². The zero-order chi connectivity index (χ0) is 15.9. The molecule has 1 aromatic heterocycles. The van der Waals surface area contributed by atoms with Gasteiger partial charge in [0.1, 0.15) is 11.4 Å². The molecule has 2 rings (SSSR count). The second kappa shape index (κ2) is 8.85. The molecule has 0 aliphatic heterocycles. The van der Waals surface area contributed by atoms with Crippen molar-refractivity contribution in [2.45, 2.75) is 19.9 Å². The zero-order valence-electron chi connectivity index (χ0n) is 13.2. The number of H-pyrrole nitrogens is 1. The number of pyridine rings is 1. The number of carbonyl (C=O) groups excluding carboxylic acids is 1. The maximum Gasteiger partial charge on any atom is 0.241 e. The Morgan fingerprint density at radius 1 is 1.26 bits per heavy atom. The highest BCUT2D eigenvalue weighted by Gasteiger charge is 2.10. The van der Waals surface area contributed by atoms with Crippen molar-refractivity contribution in [3.8, 4) is 5.75 Å². The van der Waals surface area contributed by atoms with Crippen LogP contribution in [0.2, 0.25) is 0 Å². The summed E-state index contributed by atoms with van der Waals surface area (Å²) in [5.74, 6) is 1.93. The molecule has 1 heterocycles. The van der Waals surface area contributed by atoms with Crippen LogP contribution in [0.1, 0.15) is 18.9 Å². The lowest BCUT2D eigenvalue weighted by Crippen LogP contribution is -3.00. The summed E-state index contributed by atoms with van der Waals surface area (Å²) in [6.07, 6.45) is 0.410. The minimum atomic E-state index is -0.0742. The molecular weight excluding hydrogens is 316 g/mol. The summed E-state index contributed by atoms with van der Waals surface area (Å²) in [5.41, 5.74) is 7.53. The van der Waals surface area contributed by atoms with Gasteiger partial charge < -0.3 is 33.5 Å². The van der Waals surface area contributed by atoms with E-state index in [1.807, 2.05) is 30.3 Å². The fraction of sp³-hybridized carbons (Fsp3) is 0.250. The van der Waals surface area contributed by atoms with Crippen LogP contribution >= 0.6 is 0 Å². The van der Waals surface area contributed by atoms with Crippen LogP contribution in [0.15, 0.2) is 36.4 Å². The van der Waals surface area contributed by atoms with E-state index in [2.05, 4.69) is 15.6 Å². The Morgan fingerprint density at radius 3 is 2.65 bits per heavy atom. The van der Waals surface area contributed by atoms with Gasteiger partial charge in [-0.2, -0.15) is 0 Å². The number of hydrogen-bond donors (Lipinski definition) is 3. The van der Waals surface area contributed by atoms with Crippen LogP contribution in [0.5, 0.6) is 5.75 Å². The summed E-state index contributed by atoms with van der Waals surface area (Å²) in [7, 11) is 1.65. The number of aromatic nitrogens is 1. The third-order valence-corrected chi connectivity index (χ3v) is 3.23. The number of para-hydroxylation sites is 1. The number of nitrogen functional groups attached to an aromatic ring is 1. The number of rotatable bonds is 6. The Hall–Kier alpha value is -2.47. The molecule has 0 bridgehead atoms. The summed E-state index contributed by atoms with van der Waals surface area (Å²) in [5, 5.41) is 5.98. The van der Waals surface area contributed by atoms with E-state index in [-0.39, 0.29) is 18.3 Å². The number of benzene rings is 1. The standard InChI is InChI=1S/C16H20N4O2.ClH/c1-3-15(21)19-12-8-9-14(20-16(12)17)18-10-11-6-4-5-7-13(11)22-2;/h4-9H,3,10H2,1-2H3,(H,19,21)(H3,17,18,20);1H. The highest BCUT2D eigenvalue weighted by molar-refractivity contribution is 5.92. The fourth-order valence-corrected chi connectivity index (χ4v) is 2.00. The third-order valence-electron chi connectivity index (χ3n) is 3.23. The Kier molecular flexibility index (Phi) is 7.15. The minimum absolute atomic E-state index is 0. The van der Waals surface area contributed by atoms with Gasteiger partial charge >= 0.3 is 0 Å². The van der Waals surface area contributed by atoms with Crippen molar-refractivity contribution >= 4 is 23.2 Å². The average Bonchev–Trinajstić information content (AvgIpc) is 2.55. The molecule has 0 saturated heterocycles. The van der Waals surface area contributed by atoms with E-state index >= 15 is 0 Å². The maximum absolute atomic E-state index is 11.4. The molecule has 124 valence electrons. The van der Waals surface area contributed by atoms with Crippen molar-refractivity contribution in [3.63, 3.8) is 0 Å². The first-order valence-electron chi connectivity index (χ1n) is 7.11. The second-order valence-corrected chi connectivity index (χ2v) is 4.77. The highest BCUT2D eigenvalue weighted by atomic mass is 35.5. The van der Waals surface area contributed by atoms with Gasteiger partial charge in [0.2, 0.25) is 17.5 Å². The molecule has 0 saturated carbocycles. The molecule has 6 nitrogen and oxygen atoms in total. The quantitative estimate of drug-likeness (QED) is 0.635. The van der Waals surface area contributed by atoms with E-state index in [0.717, 1.165) is 17.1 Å². The predicted octanol–water partition coefficient (Wildman–Crippen LogP) is -0.944. The molecule has 0 spiro atoms. The topological polar surface area (TPSA) is 90.5 Å². The number of ether oxygens (including phenoxy) is 1. The first kappa shape index (κ1) is 18.6. The van der Waals surface area contributed by atoms with Gasteiger partial charge in [0.15, 0.2) is 0 Å². The molecule has 0 aliphatic rings. The molecule has 1 amide bonds. The van der Waals surface area contributed by atoms with E-state index in [4.69, 9.17) is 10.5 Å². The van der Waals surface area contributed by atoms with Crippen LogP contribution in [0.3, 0.4) is 0 Å². The summed E-state index contributed by atoms with van der Waals surface area (Å²) in [4.78, 5) is 14.4. The normalized spacial score (nSPS) is 9.65. The summed E-state index contributed by atoms with van der Waals surface area (Å²) in [6, 6.07) is 11.4. The SMILES string of the molecule is CCC(=O)Nc1ccc(NCc2ccccc2OC)[nH+]c1N.[Cl-]. The van der Waals surface area contributed by atoms with E-state index in [9.17, 15) is 4.79 Å². The summed E-state index contributed by atoms with van der Waals surface area (Å²) in [6.45, 7) is 2.39. The van der Waals surface area contributed by atoms with Gasteiger partial charge in [-0.1, -0.05) is 25.1 Å².